The van der Waals surface area contributed by atoms with E-state index in [9.17, 15) is 4.79 Å². The zero-order valence-corrected chi connectivity index (χ0v) is 17.5. The van der Waals surface area contributed by atoms with Crippen molar-refractivity contribution >= 4 is 11.6 Å². The minimum absolute atomic E-state index is 0.212. The number of carbonyl (C=O) groups is 1. The smallest absolute Gasteiger partial charge is 0.257 e. The Labute approximate surface area is 172 Å². The van der Waals surface area contributed by atoms with Crippen LogP contribution in [0.1, 0.15) is 46.7 Å². The third-order valence-electron chi connectivity index (χ3n) is 4.87. The monoisotopic (exact) mass is 388 g/mol. The Hall–Kier alpha value is -3.05. The molecule has 5 nitrogen and oxygen atoms in total. The molecule has 29 heavy (non-hydrogen) atoms. The lowest BCUT2D eigenvalue weighted by molar-refractivity contribution is 0.102. The van der Waals surface area contributed by atoms with Crippen molar-refractivity contribution < 1.29 is 4.79 Å². The Bertz CT molecular complexity index is 996. The third-order valence-corrected chi connectivity index (χ3v) is 4.87. The third kappa shape index (κ3) is 4.69. The number of anilines is 1. The van der Waals surface area contributed by atoms with Gasteiger partial charge in [-0.05, 0) is 49.4 Å². The van der Waals surface area contributed by atoms with E-state index in [0.29, 0.717) is 23.7 Å². The van der Waals surface area contributed by atoms with Crippen molar-refractivity contribution in [1.82, 2.24) is 9.97 Å². The van der Waals surface area contributed by atoms with Gasteiger partial charge >= 0.3 is 0 Å². The van der Waals surface area contributed by atoms with E-state index in [4.69, 9.17) is 10.7 Å². The van der Waals surface area contributed by atoms with Crippen molar-refractivity contribution in [2.24, 2.45) is 11.7 Å². The van der Waals surface area contributed by atoms with E-state index < -0.39 is 0 Å². The summed E-state index contributed by atoms with van der Waals surface area (Å²) in [6, 6.07) is 11.8. The van der Waals surface area contributed by atoms with Crippen molar-refractivity contribution in [2.45, 2.75) is 40.7 Å². The summed E-state index contributed by atoms with van der Waals surface area (Å²) in [6.45, 7) is 8.68. The van der Waals surface area contributed by atoms with Crippen molar-refractivity contribution in [3.8, 4) is 11.1 Å². The van der Waals surface area contributed by atoms with Crippen LogP contribution in [-0.4, -0.2) is 15.9 Å². The highest BCUT2D eigenvalue weighted by molar-refractivity contribution is 6.06. The Balaban J connectivity index is 2.18. The number of pyridine rings is 2. The van der Waals surface area contributed by atoms with Crippen LogP contribution in [0.25, 0.3) is 11.1 Å². The molecule has 150 valence electrons. The van der Waals surface area contributed by atoms with Crippen LogP contribution in [0.15, 0.2) is 48.8 Å². The van der Waals surface area contributed by atoms with Crippen LogP contribution in [0.4, 0.5) is 5.69 Å². The Morgan fingerprint density at radius 3 is 2.45 bits per heavy atom. The van der Waals surface area contributed by atoms with Gasteiger partial charge in [0.2, 0.25) is 0 Å². The van der Waals surface area contributed by atoms with Crippen LogP contribution in [-0.2, 0) is 13.0 Å². The number of nitrogens with one attached hydrogen (secondary N) is 1. The highest BCUT2D eigenvalue weighted by Gasteiger charge is 2.21. The summed E-state index contributed by atoms with van der Waals surface area (Å²) in [5.74, 6) is 0.241. The topological polar surface area (TPSA) is 80.9 Å². The van der Waals surface area contributed by atoms with Crippen LogP contribution in [0.5, 0.6) is 0 Å². The number of rotatable bonds is 6. The molecule has 0 radical (unpaired) electrons. The molecule has 0 atom stereocenters. The van der Waals surface area contributed by atoms with Gasteiger partial charge in [-0.15, -0.1) is 0 Å². The highest BCUT2D eigenvalue weighted by atomic mass is 16.1. The standard InChI is InChI=1S/C24H28N4O/c1-15(2)12-21-20(13-25)22(18-9-7-16(3)8-10-18)23(17(4)27-21)28-24(29)19-6-5-11-26-14-19/h5-11,14-15H,12-13,25H2,1-4H3,(H,28,29). The number of hydrogen-bond donors (Lipinski definition) is 2. The second-order valence-electron chi connectivity index (χ2n) is 7.74. The van der Waals surface area contributed by atoms with Gasteiger partial charge in [-0.1, -0.05) is 43.7 Å². The predicted molar refractivity (Wildman–Crippen MR) is 118 cm³/mol. The van der Waals surface area contributed by atoms with Gasteiger partial charge in [-0.25, -0.2) is 0 Å². The average Bonchev–Trinajstić information content (AvgIpc) is 2.70. The quantitative estimate of drug-likeness (QED) is 0.643. The number of nitrogens with two attached hydrogens (primary N) is 1. The number of benzene rings is 1. The van der Waals surface area contributed by atoms with E-state index in [1.165, 1.54) is 5.56 Å². The summed E-state index contributed by atoms with van der Waals surface area (Å²) < 4.78 is 0. The first kappa shape index (κ1) is 20.7. The molecule has 3 rings (SSSR count). The lowest BCUT2D eigenvalue weighted by Crippen LogP contribution is -2.18. The average molecular weight is 389 g/mol. The second kappa shape index (κ2) is 8.97. The molecule has 0 fully saturated rings. The summed E-state index contributed by atoms with van der Waals surface area (Å²) in [7, 11) is 0. The van der Waals surface area contributed by atoms with E-state index in [1.807, 2.05) is 6.92 Å². The van der Waals surface area contributed by atoms with Gasteiger partial charge < -0.3 is 11.1 Å². The molecule has 0 aliphatic carbocycles. The molecule has 3 N–H and O–H groups in total. The number of aryl methyl sites for hydroxylation is 2. The Morgan fingerprint density at radius 1 is 1.14 bits per heavy atom. The summed E-state index contributed by atoms with van der Waals surface area (Å²) in [6.07, 6.45) is 4.04. The van der Waals surface area contributed by atoms with Gasteiger partial charge in [0.1, 0.15) is 0 Å². The van der Waals surface area contributed by atoms with Crippen molar-refractivity contribution in [2.75, 3.05) is 5.32 Å². The molecule has 0 spiro atoms. The molecule has 0 unspecified atom stereocenters. The van der Waals surface area contributed by atoms with Gasteiger partial charge in [0.15, 0.2) is 0 Å². The molecule has 1 aromatic carbocycles. The molecular weight excluding hydrogens is 360 g/mol. The van der Waals surface area contributed by atoms with E-state index in [1.54, 1.807) is 24.5 Å². The zero-order chi connectivity index (χ0) is 21.0. The van der Waals surface area contributed by atoms with E-state index >= 15 is 0 Å². The van der Waals surface area contributed by atoms with Crippen molar-refractivity contribution in [3.63, 3.8) is 0 Å². The number of carbonyl (C=O) groups excluding carboxylic acids is 1. The number of hydrogen-bond acceptors (Lipinski definition) is 4. The van der Waals surface area contributed by atoms with Crippen LogP contribution in [0.3, 0.4) is 0 Å². The lowest BCUT2D eigenvalue weighted by Gasteiger charge is -2.21. The first-order valence-corrected chi connectivity index (χ1v) is 9.91. The lowest BCUT2D eigenvalue weighted by atomic mass is 9.92. The summed E-state index contributed by atoms with van der Waals surface area (Å²) in [4.78, 5) is 21.7. The molecule has 1 amide bonds. The highest BCUT2D eigenvalue weighted by Crippen LogP contribution is 2.36. The molecule has 0 saturated heterocycles. The second-order valence-corrected chi connectivity index (χ2v) is 7.74. The molecule has 0 aliphatic rings. The summed E-state index contributed by atoms with van der Waals surface area (Å²) in [5, 5.41) is 3.07. The molecule has 5 heteroatoms. The molecule has 2 heterocycles. The SMILES string of the molecule is Cc1ccc(-c2c(CN)c(CC(C)C)nc(C)c2NC(=O)c2cccnc2)cc1. The molecular formula is C24H28N4O. The minimum atomic E-state index is -0.212. The van der Waals surface area contributed by atoms with Gasteiger partial charge in [0, 0.05) is 30.2 Å². The molecule has 0 saturated carbocycles. The Morgan fingerprint density at radius 2 is 1.86 bits per heavy atom. The molecule has 0 bridgehead atoms. The molecule has 3 aromatic rings. The number of amides is 1. The van der Waals surface area contributed by atoms with Gasteiger partial charge in [-0.3, -0.25) is 14.8 Å². The fourth-order valence-electron chi connectivity index (χ4n) is 3.45. The predicted octanol–water partition coefficient (Wildman–Crippen LogP) is 4.67. The first-order chi connectivity index (χ1) is 13.9. The molecule has 0 aliphatic heterocycles. The van der Waals surface area contributed by atoms with Gasteiger partial charge in [0.25, 0.3) is 5.91 Å². The van der Waals surface area contributed by atoms with Crippen LogP contribution >= 0.6 is 0 Å². The van der Waals surface area contributed by atoms with E-state index in [-0.39, 0.29) is 5.91 Å². The first-order valence-electron chi connectivity index (χ1n) is 9.91. The maximum atomic E-state index is 12.9. The van der Waals surface area contributed by atoms with Crippen LogP contribution in [0.2, 0.25) is 0 Å². The summed E-state index contributed by atoms with van der Waals surface area (Å²) >= 11 is 0. The maximum absolute atomic E-state index is 12.9. The Kier molecular flexibility index (Phi) is 6.39. The number of nitrogens with zero attached hydrogens (tertiary/aromatic N) is 2. The number of aromatic nitrogens is 2. The van der Waals surface area contributed by atoms with E-state index in [2.05, 4.69) is 55.3 Å². The van der Waals surface area contributed by atoms with E-state index in [0.717, 1.165) is 34.5 Å². The fraction of sp³-hybridized carbons (Fsp3) is 0.292. The maximum Gasteiger partial charge on any atom is 0.257 e. The van der Waals surface area contributed by atoms with Gasteiger partial charge in [0.05, 0.1) is 16.9 Å². The molecule has 2 aromatic heterocycles. The fourth-order valence-corrected chi connectivity index (χ4v) is 3.45. The van der Waals surface area contributed by atoms with Gasteiger partial charge in [-0.2, -0.15) is 0 Å². The minimum Gasteiger partial charge on any atom is -0.326 e. The van der Waals surface area contributed by atoms with Crippen LogP contribution < -0.4 is 11.1 Å². The largest absolute Gasteiger partial charge is 0.326 e. The summed E-state index contributed by atoms with van der Waals surface area (Å²) in [5.41, 5.74) is 13.3. The zero-order valence-electron chi connectivity index (χ0n) is 17.5. The normalized spacial score (nSPS) is 11.0. The van der Waals surface area contributed by atoms with Crippen molar-refractivity contribution in [3.05, 3.63) is 76.9 Å². The van der Waals surface area contributed by atoms with Crippen molar-refractivity contribution in [1.29, 1.82) is 0 Å². The van der Waals surface area contributed by atoms with Crippen LogP contribution in [0, 0.1) is 19.8 Å².